The molecule has 5 nitrogen and oxygen atoms in total. The smallest absolute Gasteiger partial charge is 0.159 e. The van der Waals surface area contributed by atoms with Crippen LogP contribution in [0.25, 0.3) is 32.7 Å². The molecule has 0 fully saturated rings. The van der Waals surface area contributed by atoms with Crippen LogP contribution in [0.15, 0.2) is 81.9 Å². The Labute approximate surface area is 192 Å². The van der Waals surface area contributed by atoms with Crippen molar-refractivity contribution in [2.24, 2.45) is 5.10 Å². The Balaban J connectivity index is 1.41. The highest BCUT2D eigenvalue weighted by Crippen LogP contribution is 2.36. The number of thiophene rings is 1. The Kier molecular flexibility index (Phi) is 5.42. The van der Waals surface area contributed by atoms with Gasteiger partial charge in [-0.25, -0.2) is 9.97 Å². The summed E-state index contributed by atoms with van der Waals surface area (Å²) in [7, 11) is 0. The third-order valence-electron chi connectivity index (χ3n) is 4.64. The van der Waals surface area contributed by atoms with Crippen molar-refractivity contribution in [3.8, 4) is 22.5 Å². The fraction of sp³-hybridized carbons (Fsp3) is 0. The van der Waals surface area contributed by atoms with Crippen LogP contribution in [0, 0.1) is 0 Å². The molecule has 8 heteroatoms. The number of benzene rings is 2. The average Bonchev–Trinajstić information content (AvgIpc) is 3.42. The molecule has 0 amide bonds. The number of nitrogens with zero attached hydrogens (tertiary/aromatic N) is 3. The minimum atomic E-state index is 0.526. The van der Waals surface area contributed by atoms with Gasteiger partial charge in [0.15, 0.2) is 5.82 Å². The van der Waals surface area contributed by atoms with Crippen molar-refractivity contribution >= 4 is 56.8 Å². The van der Waals surface area contributed by atoms with Gasteiger partial charge in [0, 0.05) is 21.5 Å². The van der Waals surface area contributed by atoms with Crippen LogP contribution in [0.1, 0.15) is 5.76 Å². The highest BCUT2D eigenvalue weighted by Gasteiger charge is 2.13. The van der Waals surface area contributed by atoms with Crippen LogP contribution in [-0.4, -0.2) is 16.2 Å². The average molecular weight is 465 g/mol. The second-order valence-corrected chi connectivity index (χ2v) is 8.32. The zero-order valence-corrected chi connectivity index (χ0v) is 18.2. The standard InChI is InChI=1S/C23H14Cl2N4OS/c24-15-6-8-17(19(25)10-15)20-9-7-16(30-20)11-28-29-22-21-18(14-4-2-1-3-5-14)12-31-23(21)27-13-26-22/h1-13H,(H,26,27,29). The molecular formula is C23H14Cl2N4OS. The number of hydrogen-bond acceptors (Lipinski definition) is 6. The van der Waals surface area contributed by atoms with E-state index in [9.17, 15) is 0 Å². The van der Waals surface area contributed by atoms with E-state index < -0.39 is 0 Å². The number of rotatable bonds is 5. The van der Waals surface area contributed by atoms with Gasteiger partial charge in [-0.1, -0.05) is 53.5 Å². The van der Waals surface area contributed by atoms with E-state index in [0.717, 1.165) is 26.9 Å². The zero-order chi connectivity index (χ0) is 21.2. The maximum atomic E-state index is 6.26. The molecule has 0 aliphatic rings. The van der Waals surface area contributed by atoms with Crippen molar-refractivity contribution in [3.63, 3.8) is 0 Å². The number of hydrogen-bond donors (Lipinski definition) is 1. The van der Waals surface area contributed by atoms with Crippen LogP contribution in [0.2, 0.25) is 10.0 Å². The number of furan rings is 1. The summed E-state index contributed by atoms with van der Waals surface area (Å²) in [6, 6.07) is 19.1. The van der Waals surface area contributed by atoms with Crippen molar-refractivity contribution in [1.82, 2.24) is 9.97 Å². The molecule has 0 saturated carbocycles. The molecule has 0 bridgehead atoms. The normalized spacial score (nSPS) is 11.4. The Bertz CT molecular complexity index is 1400. The Morgan fingerprint density at radius 2 is 1.84 bits per heavy atom. The third-order valence-corrected chi connectivity index (χ3v) is 6.07. The van der Waals surface area contributed by atoms with Crippen molar-refractivity contribution in [3.05, 3.63) is 88.2 Å². The first-order valence-corrected chi connectivity index (χ1v) is 10.9. The van der Waals surface area contributed by atoms with Crippen molar-refractivity contribution < 1.29 is 4.42 Å². The quantitative estimate of drug-likeness (QED) is 0.217. The predicted molar refractivity (Wildman–Crippen MR) is 128 cm³/mol. The molecule has 5 rings (SSSR count). The molecule has 31 heavy (non-hydrogen) atoms. The molecule has 0 unspecified atom stereocenters. The van der Waals surface area contributed by atoms with Gasteiger partial charge in [0.1, 0.15) is 22.7 Å². The van der Waals surface area contributed by atoms with Crippen molar-refractivity contribution in [1.29, 1.82) is 0 Å². The van der Waals surface area contributed by atoms with Gasteiger partial charge < -0.3 is 4.42 Å². The maximum Gasteiger partial charge on any atom is 0.159 e. The first kappa shape index (κ1) is 19.8. The highest BCUT2D eigenvalue weighted by molar-refractivity contribution is 7.17. The van der Waals surface area contributed by atoms with Gasteiger partial charge in [-0.05, 0) is 35.9 Å². The van der Waals surface area contributed by atoms with Gasteiger partial charge in [-0.2, -0.15) is 5.10 Å². The molecule has 0 aliphatic heterocycles. The highest BCUT2D eigenvalue weighted by atomic mass is 35.5. The van der Waals surface area contributed by atoms with Crippen LogP contribution in [0.3, 0.4) is 0 Å². The Hall–Kier alpha value is -3.19. The van der Waals surface area contributed by atoms with Crippen molar-refractivity contribution in [2.75, 3.05) is 5.43 Å². The number of aromatic nitrogens is 2. The molecule has 0 saturated heterocycles. The van der Waals surface area contributed by atoms with Gasteiger partial charge in [0.25, 0.3) is 0 Å². The summed E-state index contributed by atoms with van der Waals surface area (Å²) in [4.78, 5) is 9.65. The molecule has 2 aromatic carbocycles. The van der Waals surface area contributed by atoms with E-state index in [2.05, 4.69) is 38.0 Å². The maximum absolute atomic E-state index is 6.26. The first-order valence-electron chi connectivity index (χ1n) is 9.31. The molecule has 0 radical (unpaired) electrons. The fourth-order valence-electron chi connectivity index (χ4n) is 3.20. The molecule has 0 spiro atoms. The van der Waals surface area contributed by atoms with E-state index in [1.807, 2.05) is 36.4 Å². The monoisotopic (exact) mass is 464 g/mol. The summed E-state index contributed by atoms with van der Waals surface area (Å²) in [6.07, 6.45) is 3.12. The van der Waals surface area contributed by atoms with Crippen LogP contribution >= 0.6 is 34.5 Å². The lowest BCUT2D eigenvalue weighted by Gasteiger charge is -2.04. The Morgan fingerprint density at radius 1 is 0.968 bits per heavy atom. The summed E-state index contributed by atoms with van der Waals surface area (Å²) in [5, 5.41) is 8.43. The zero-order valence-electron chi connectivity index (χ0n) is 15.9. The van der Waals surface area contributed by atoms with Gasteiger partial charge in [-0.3, -0.25) is 5.43 Å². The molecule has 3 heterocycles. The van der Waals surface area contributed by atoms with Crippen LogP contribution in [-0.2, 0) is 0 Å². The predicted octanol–water partition coefficient (Wildman–Crippen LogP) is 7.37. The lowest BCUT2D eigenvalue weighted by molar-refractivity contribution is 0.575. The lowest BCUT2D eigenvalue weighted by Crippen LogP contribution is -1.95. The molecule has 0 atom stereocenters. The second kappa shape index (κ2) is 8.51. The summed E-state index contributed by atoms with van der Waals surface area (Å²) in [5.41, 5.74) is 5.96. The number of fused-ring (bicyclic) bond motifs is 1. The molecule has 3 aromatic heterocycles. The van der Waals surface area contributed by atoms with Crippen molar-refractivity contribution in [2.45, 2.75) is 0 Å². The van der Waals surface area contributed by atoms with Gasteiger partial charge in [0.2, 0.25) is 0 Å². The van der Waals surface area contributed by atoms with Crippen LogP contribution in [0.4, 0.5) is 5.82 Å². The number of nitrogens with one attached hydrogen (secondary N) is 1. The summed E-state index contributed by atoms with van der Waals surface area (Å²) in [6.45, 7) is 0. The topological polar surface area (TPSA) is 63.3 Å². The van der Waals surface area contributed by atoms with E-state index in [-0.39, 0.29) is 0 Å². The van der Waals surface area contributed by atoms with Crippen LogP contribution < -0.4 is 5.43 Å². The van der Waals surface area contributed by atoms with Gasteiger partial charge in [0.05, 0.1) is 16.6 Å². The van der Waals surface area contributed by atoms with E-state index in [4.69, 9.17) is 27.6 Å². The summed E-state index contributed by atoms with van der Waals surface area (Å²) < 4.78 is 5.85. The SMILES string of the molecule is Clc1ccc(-c2ccc(C=NNc3ncnc4scc(-c5ccccc5)c34)o2)c(Cl)c1. The molecule has 1 N–H and O–H groups in total. The molecular weight excluding hydrogens is 451 g/mol. The minimum Gasteiger partial charge on any atom is -0.455 e. The molecule has 0 aliphatic carbocycles. The fourth-order valence-corrected chi connectivity index (χ4v) is 4.62. The number of halogens is 2. The summed E-state index contributed by atoms with van der Waals surface area (Å²) >= 11 is 13.8. The number of anilines is 1. The van der Waals surface area contributed by atoms with Gasteiger partial charge in [-0.15, -0.1) is 11.3 Å². The first-order chi connectivity index (χ1) is 15.2. The lowest BCUT2D eigenvalue weighted by atomic mass is 10.1. The summed E-state index contributed by atoms with van der Waals surface area (Å²) in [5.74, 6) is 1.85. The van der Waals surface area contributed by atoms with E-state index in [1.165, 1.54) is 6.33 Å². The minimum absolute atomic E-state index is 0.526. The largest absolute Gasteiger partial charge is 0.455 e. The van der Waals surface area contributed by atoms with Gasteiger partial charge >= 0.3 is 0 Å². The number of hydrazone groups is 1. The molecule has 152 valence electrons. The van der Waals surface area contributed by atoms with E-state index in [1.54, 1.807) is 29.7 Å². The second-order valence-electron chi connectivity index (χ2n) is 6.61. The van der Waals surface area contributed by atoms with E-state index in [0.29, 0.717) is 27.4 Å². The third kappa shape index (κ3) is 4.05. The van der Waals surface area contributed by atoms with E-state index >= 15 is 0 Å². The van der Waals surface area contributed by atoms with Crippen LogP contribution in [0.5, 0.6) is 0 Å². The Morgan fingerprint density at radius 3 is 2.68 bits per heavy atom. The molecule has 5 aromatic rings.